The first-order chi connectivity index (χ1) is 14.3. The van der Waals surface area contributed by atoms with Gasteiger partial charge in [-0.1, -0.05) is 42.5 Å². The summed E-state index contributed by atoms with van der Waals surface area (Å²) in [5.74, 6) is 0.531. The summed E-state index contributed by atoms with van der Waals surface area (Å²) in [6.07, 6.45) is 4.35. The Kier molecular flexibility index (Phi) is 9.01. The van der Waals surface area contributed by atoms with Gasteiger partial charge in [-0.15, -0.1) is 0 Å². The van der Waals surface area contributed by atoms with Gasteiger partial charge in [0.05, 0.1) is 12.2 Å². The van der Waals surface area contributed by atoms with Crippen molar-refractivity contribution in [2.75, 3.05) is 46.0 Å². The second-order valence-electron chi connectivity index (χ2n) is 7.35. The van der Waals surface area contributed by atoms with Gasteiger partial charge in [0.1, 0.15) is 12.4 Å². The number of rotatable bonds is 4. The fraction of sp³-hybridized carbons (Fsp3) is 0.458. The molecule has 0 radical (unpaired) electrons. The highest BCUT2D eigenvalue weighted by molar-refractivity contribution is 5.96. The summed E-state index contributed by atoms with van der Waals surface area (Å²) < 4.78 is 11.7. The van der Waals surface area contributed by atoms with E-state index in [4.69, 9.17) is 9.47 Å². The predicted molar refractivity (Wildman–Crippen MR) is 116 cm³/mol. The molecule has 0 fully saturated rings. The summed E-state index contributed by atoms with van der Waals surface area (Å²) in [5.41, 5.74) is 1.97. The van der Waals surface area contributed by atoms with E-state index in [9.17, 15) is 4.79 Å². The predicted octanol–water partition coefficient (Wildman–Crippen LogP) is 3.54. The molecule has 1 aliphatic heterocycles. The summed E-state index contributed by atoms with van der Waals surface area (Å²) in [7, 11) is 0. The largest absolute Gasteiger partial charge is 0.491 e. The van der Waals surface area contributed by atoms with Crippen molar-refractivity contribution in [3.8, 4) is 5.75 Å². The molecular weight excluding hydrogens is 364 g/mol. The number of hydrogen-bond acceptors (Lipinski definition) is 4. The maximum Gasteiger partial charge on any atom is 0.255 e. The molecular formula is C24H32N2O3. The maximum atomic E-state index is 12.4. The summed E-state index contributed by atoms with van der Waals surface area (Å²) in [4.78, 5) is 14.9. The van der Waals surface area contributed by atoms with Crippen LogP contribution < -0.4 is 10.1 Å². The van der Waals surface area contributed by atoms with Crippen LogP contribution in [0, 0.1) is 0 Å². The van der Waals surface area contributed by atoms with Gasteiger partial charge in [-0.3, -0.25) is 9.69 Å². The molecule has 5 heteroatoms. The number of nitrogens with zero attached hydrogens (tertiary/aromatic N) is 1. The Morgan fingerprint density at radius 3 is 2.62 bits per heavy atom. The highest BCUT2D eigenvalue weighted by Crippen LogP contribution is 2.18. The molecule has 0 saturated heterocycles. The molecule has 29 heavy (non-hydrogen) atoms. The highest BCUT2D eigenvalue weighted by atomic mass is 16.5. The first-order valence-electron chi connectivity index (χ1n) is 10.7. The van der Waals surface area contributed by atoms with Crippen LogP contribution in [0.25, 0.3) is 0 Å². The van der Waals surface area contributed by atoms with Crippen LogP contribution in [-0.2, 0) is 11.2 Å². The zero-order chi connectivity index (χ0) is 20.2. The standard InChI is InChI=1S/C24H32N2O3/c27-24-22-12-4-5-13-23(22)29-20-17-26(15-6-7-18-28-19-14-25-24)16-8-11-21-9-2-1-3-10-21/h1-5,9-10,12-13H,6-8,11,14-20H2,(H,25,27). The molecule has 1 aliphatic rings. The van der Waals surface area contributed by atoms with Crippen LogP contribution in [0.3, 0.4) is 0 Å². The van der Waals surface area contributed by atoms with Gasteiger partial charge in [0.2, 0.25) is 0 Å². The molecule has 3 rings (SSSR count). The minimum atomic E-state index is -0.112. The van der Waals surface area contributed by atoms with Crippen LogP contribution in [0.2, 0.25) is 0 Å². The third-order valence-corrected chi connectivity index (χ3v) is 5.12. The molecule has 1 amide bonds. The van der Waals surface area contributed by atoms with Gasteiger partial charge >= 0.3 is 0 Å². The van der Waals surface area contributed by atoms with E-state index in [1.165, 1.54) is 5.56 Å². The Bertz CT molecular complexity index is 736. The van der Waals surface area contributed by atoms with Gasteiger partial charge in [0.15, 0.2) is 0 Å². The molecule has 0 bridgehead atoms. The topological polar surface area (TPSA) is 50.8 Å². The number of hydrogen-bond donors (Lipinski definition) is 1. The second-order valence-corrected chi connectivity index (χ2v) is 7.35. The normalized spacial score (nSPS) is 17.3. The number of carbonyl (C=O) groups excluding carboxylic acids is 1. The summed E-state index contributed by atoms with van der Waals surface area (Å²) in [6, 6.07) is 18.1. The van der Waals surface area contributed by atoms with Crippen molar-refractivity contribution in [1.82, 2.24) is 10.2 Å². The Morgan fingerprint density at radius 1 is 0.897 bits per heavy atom. The maximum absolute atomic E-state index is 12.4. The average Bonchev–Trinajstić information content (AvgIpc) is 2.76. The third-order valence-electron chi connectivity index (χ3n) is 5.12. The van der Waals surface area contributed by atoms with E-state index in [0.29, 0.717) is 31.1 Å². The van der Waals surface area contributed by atoms with Crippen LogP contribution in [0.5, 0.6) is 5.75 Å². The lowest BCUT2D eigenvalue weighted by Crippen LogP contribution is -2.31. The number of benzene rings is 2. The first kappa shape index (κ1) is 21.3. The average molecular weight is 397 g/mol. The lowest BCUT2D eigenvalue weighted by molar-refractivity contribution is 0.0909. The molecule has 0 spiro atoms. The van der Waals surface area contributed by atoms with Gasteiger partial charge in [0.25, 0.3) is 5.91 Å². The van der Waals surface area contributed by atoms with Crippen LogP contribution in [0.4, 0.5) is 0 Å². The van der Waals surface area contributed by atoms with Crippen molar-refractivity contribution >= 4 is 5.91 Å². The monoisotopic (exact) mass is 396 g/mol. The van der Waals surface area contributed by atoms with E-state index >= 15 is 0 Å². The van der Waals surface area contributed by atoms with Crippen LogP contribution >= 0.6 is 0 Å². The van der Waals surface area contributed by atoms with E-state index in [2.05, 4.69) is 40.5 Å². The van der Waals surface area contributed by atoms with Gasteiger partial charge < -0.3 is 14.8 Å². The molecule has 156 valence electrons. The number of fused-ring (bicyclic) bond motifs is 1. The fourth-order valence-electron chi connectivity index (χ4n) is 3.53. The van der Waals surface area contributed by atoms with E-state index in [1.54, 1.807) is 6.07 Å². The van der Waals surface area contributed by atoms with Crippen molar-refractivity contribution in [3.05, 3.63) is 65.7 Å². The highest BCUT2D eigenvalue weighted by Gasteiger charge is 2.13. The van der Waals surface area contributed by atoms with Crippen LogP contribution in [0.1, 0.15) is 35.2 Å². The molecule has 0 atom stereocenters. The number of amides is 1. The van der Waals surface area contributed by atoms with Crippen LogP contribution in [-0.4, -0.2) is 56.8 Å². The van der Waals surface area contributed by atoms with Crippen molar-refractivity contribution < 1.29 is 14.3 Å². The minimum Gasteiger partial charge on any atom is -0.491 e. The van der Waals surface area contributed by atoms with Crippen molar-refractivity contribution in [2.45, 2.75) is 25.7 Å². The Hall–Kier alpha value is -2.37. The van der Waals surface area contributed by atoms with E-state index < -0.39 is 0 Å². The molecule has 2 aromatic carbocycles. The van der Waals surface area contributed by atoms with E-state index in [-0.39, 0.29) is 5.91 Å². The smallest absolute Gasteiger partial charge is 0.255 e. The molecule has 0 aliphatic carbocycles. The fourth-order valence-corrected chi connectivity index (χ4v) is 3.53. The lowest BCUT2D eigenvalue weighted by Gasteiger charge is -2.22. The Labute approximate surface area is 174 Å². The molecule has 2 aromatic rings. The summed E-state index contributed by atoms with van der Waals surface area (Å²) >= 11 is 0. The molecule has 1 N–H and O–H groups in total. The van der Waals surface area contributed by atoms with E-state index in [1.807, 2.05) is 18.2 Å². The summed E-state index contributed by atoms with van der Waals surface area (Å²) in [5, 5.41) is 2.91. The lowest BCUT2D eigenvalue weighted by atomic mass is 10.1. The number of aryl methyl sites for hydroxylation is 1. The summed E-state index contributed by atoms with van der Waals surface area (Å²) in [6.45, 7) is 5.30. The quantitative estimate of drug-likeness (QED) is 0.859. The van der Waals surface area contributed by atoms with Gasteiger partial charge in [-0.25, -0.2) is 0 Å². The molecule has 0 saturated carbocycles. The van der Waals surface area contributed by atoms with Gasteiger partial charge in [-0.2, -0.15) is 0 Å². The SMILES string of the molecule is O=C1NCCOCCCCN(CCCc2ccccc2)CCOc2ccccc21. The minimum absolute atomic E-state index is 0.112. The van der Waals surface area contributed by atoms with Crippen molar-refractivity contribution in [1.29, 1.82) is 0 Å². The van der Waals surface area contributed by atoms with E-state index in [0.717, 1.165) is 51.9 Å². The van der Waals surface area contributed by atoms with Crippen molar-refractivity contribution in [2.24, 2.45) is 0 Å². The second kappa shape index (κ2) is 12.2. The van der Waals surface area contributed by atoms with Crippen LogP contribution in [0.15, 0.2) is 54.6 Å². The zero-order valence-corrected chi connectivity index (χ0v) is 17.1. The first-order valence-corrected chi connectivity index (χ1v) is 10.7. The molecule has 5 nitrogen and oxygen atoms in total. The number of carbonyl (C=O) groups is 1. The number of ether oxygens (including phenoxy) is 2. The molecule has 0 aromatic heterocycles. The Morgan fingerprint density at radius 2 is 1.72 bits per heavy atom. The third kappa shape index (κ3) is 7.52. The number of para-hydroxylation sites is 1. The van der Waals surface area contributed by atoms with Gasteiger partial charge in [-0.05, 0) is 56.5 Å². The Balaban J connectivity index is 1.56. The number of nitrogens with one attached hydrogen (secondary N) is 1. The van der Waals surface area contributed by atoms with Crippen molar-refractivity contribution in [3.63, 3.8) is 0 Å². The molecule has 1 heterocycles. The van der Waals surface area contributed by atoms with Gasteiger partial charge in [0, 0.05) is 19.7 Å². The zero-order valence-electron chi connectivity index (χ0n) is 17.1. The molecule has 0 unspecified atom stereocenters.